The lowest BCUT2D eigenvalue weighted by molar-refractivity contribution is 0.0981. The fraction of sp³-hybridized carbons (Fsp3) is 0.647. The van der Waals surface area contributed by atoms with E-state index < -0.39 is 21.3 Å². The van der Waals surface area contributed by atoms with E-state index in [2.05, 4.69) is 14.7 Å². The van der Waals surface area contributed by atoms with E-state index in [1.807, 2.05) is 34.6 Å². The summed E-state index contributed by atoms with van der Waals surface area (Å²) in [5.41, 5.74) is 9.34. The van der Waals surface area contributed by atoms with Gasteiger partial charge >= 0.3 is 0 Å². The van der Waals surface area contributed by atoms with Gasteiger partial charge in [-0.1, -0.05) is 12.0 Å². The van der Waals surface area contributed by atoms with Gasteiger partial charge in [-0.25, -0.2) is 13.3 Å². The summed E-state index contributed by atoms with van der Waals surface area (Å²) in [4.78, 5) is 2.81. The quantitative estimate of drug-likeness (QED) is 0.460. The molecule has 8 heteroatoms. The molecule has 0 aromatic heterocycles. The lowest BCUT2D eigenvalue weighted by Gasteiger charge is -2.27. The first-order valence-electron chi connectivity index (χ1n) is 8.32. The summed E-state index contributed by atoms with van der Waals surface area (Å²) in [6.45, 7) is 9.59. The van der Waals surface area contributed by atoms with Gasteiger partial charge in [0.05, 0.1) is 22.3 Å². The zero-order valence-electron chi connectivity index (χ0n) is 15.3. The maximum absolute atomic E-state index is 14.1. The van der Waals surface area contributed by atoms with Crippen LogP contribution >= 0.6 is 0 Å². The first-order chi connectivity index (χ1) is 11.6. The number of nitrogens with zero attached hydrogens (tertiary/aromatic N) is 3. The summed E-state index contributed by atoms with van der Waals surface area (Å²) < 4.78 is 35.2. The number of fused-ring (bicyclic) bond motifs is 1. The molecule has 1 aliphatic heterocycles. The Balaban J connectivity index is 2.35. The third kappa shape index (κ3) is 4.32. The molecular weight excluding hydrogens is 343 g/mol. The molecule has 0 spiro atoms. The second-order valence-corrected chi connectivity index (χ2v) is 9.41. The number of nitrogens with one attached hydrogen (secondary N) is 1. The van der Waals surface area contributed by atoms with E-state index in [-0.39, 0.29) is 18.4 Å². The number of ether oxygens (including phenoxy) is 1. The highest BCUT2D eigenvalue weighted by Gasteiger charge is 2.39. The molecule has 0 amide bonds. The van der Waals surface area contributed by atoms with Gasteiger partial charge in [0.1, 0.15) is 17.2 Å². The lowest BCUT2D eigenvalue weighted by atomic mass is 9.93. The Labute approximate surface area is 150 Å². The smallest absolute Gasteiger partial charge is 0.128 e. The minimum absolute atomic E-state index is 0.186. The van der Waals surface area contributed by atoms with Crippen molar-refractivity contribution in [2.75, 3.05) is 6.54 Å². The standard InChI is InChI=1S/C17H25FN4O2S/c1-6-17(10-20-22-19)9-12-7-13(18)8-14(15(12)24-17)11(2)21-25(23)16(3,4)5/h7-8,11,21H,6,9-10H2,1-5H3/t11-,17?,25-/m1/s1. The van der Waals surface area contributed by atoms with Crippen LogP contribution in [0.15, 0.2) is 17.2 Å². The normalized spacial score (nSPS) is 21.8. The van der Waals surface area contributed by atoms with E-state index in [0.29, 0.717) is 24.2 Å². The van der Waals surface area contributed by atoms with Crippen molar-refractivity contribution in [1.82, 2.24) is 4.72 Å². The largest absolute Gasteiger partial charge is 0.486 e. The van der Waals surface area contributed by atoms with Crippen LogP contribution in [0.5, 0.6) is 5.75 Å². The van der Waals surface area contributed by atoms with Crippen LogP contribution in [0.2, 0.25) is 0 Å². The molecule has 1 heterocycles. The highest BCUT2D eigenvalue weighted by molar-refractivity contribution is 7.84. The van der Waals surface area contributed by atoms with Gasteiger partial charge in [0.2, 0.25) is 0 Å². The van der Waals surface area contributed by atoms with Crippen LogP contribution in [0, 0.1) is 5.82 Å². The highest BCUT2D eigenvalue weighted by atomic mass is 32.2. The fourth-order valence-electron chi connectivity index (χ4n) is 2.81. The van der Waals surface area contributed by atoms with E-state index in [1.54, 1.807) is 0 Å². The minimum Gasteiger partial charge on any atom is -0.486 e. The minimum atomic E-state index is -1.29. The monoisotopic (exact) mass is 368 g/mol. The van der Waals surface area contributed by atoms with Crippen molar-refractivity contribution < 1.29 is 13.3 Å². The van der Waals surface area contributed by atoms with E-state index in [4.69, 9.17) is 10.3 Å². The summed E-state index contributed by atoms with van der Waals surface area (Å²) in [5, 5.41) is 3.66. The van der Waals surface area contributed by atoms with Gasteiger partial charge in [0.15, 0.2) is 0 Å². The van der Waals surface area contributed by atoms with E-state index in [9.17, 15) is 8.60 Å². The third-order valence-corrected chi connectivity index (χ3v) is 6.04. The van der Waals surface area contributed by atoms with E-state index in [0.717, 1.165) is 5.56 Å². The maximum Gasteiger partial charge on any atom is 0.128 e. The lowest BCUT2D eigenvalue weighted by Crippen LogP contribution is -2.37. The Morgan fingerprint density at radius 3 is 2.76 bits per heavy atom. The summed E-state index contributed by atoms with van der Waals surface area (Å²) in [5.74, 6) is 0.241. The van der Waals surface area contributed by atoms with Crippen molar-refractivity contribution in [2.45, 2.75) is 63.9 Å². The van der Waals surface area contributed by atoms with Crippen LogP contribution in [-0.4, -0.2) is 21.1 Å². The van der Waals surface area contributed by atoms with Crippen LogP contribution in [0.25, 0.3) is 10.4 Å². The Bertz CT molecular complexity index is 728. The molecule has 6 nitrogen and oxygen atoms in total. The summed E-state index contributed by atoms with van der Waals surface area (Å²) in [7, 11) is -1.29. The van der Waals surface area contributed by atoms with Gasteiger partial charge in [-0.3, -0.25) is 0 Å². The molecule has 0 radical (unpaired) electrons. The molecule has 1 aliphatic rings. The van der Waals surface area contributed by atoms with Gasteiger partial charge < -0.3 is 4.74 Å². The van der Waals surface area contributed by atoms with Crippen molar-refractivity contribution in [1.29, 1.82) is 0 Å². The number of benzene rings is 1. The molecular formula is C17H25FN4O2S. The van der Waals surface area contributed by atoms with Crippen LogP contribution < -0.4 is 9.46 Å². The molecule has 2 rings (SSSR count). The number of hydrogen-bond donors (Lipinski definition) is 1. The summed E-state index contributed by atoms with van der Waals surface area (Å²) in [6.07, 6.45) is 1.12. The molecule has 0 saturated heterocycles. The second kappa shape index (κ2) is 7.32. The predicted molar refractivity (Wildman–Crippen MR) is 97.2 cm³/mol. The average Bonchev–Trinajstić information content (AvgIpc) is 2.90. The van der Waals surface area contributed by atoms with Crippen LogP contribution in [0.4, 0.5) is 4.39 Å². The first kappa shape index (κ1) is 19.7. The van der Waals surface area contributed by atoms with E-state index >= 15 is 0 Å². The first-order valence-corrected chi connectivity index (χ1v) is 9.47. The molecule has 1 aromatic rings. The fourth-order valence-corrected chi connectivity index (χ4v) is 3.61. The molecule has 138 valence electrons. The molecule has 0 saturated carbocycles. The molecule has 0 aliphatic carbocycles. The van der Waals surface area contributed by atoms with Crippen LogP contribution in [-0.2, 0) is 17.4 Å². The predicted octanol–water partition coefficient (Wildman–Crippen LogP) is 4.33. The van der Waals surface area contributed by atoms with Crippen molar-refractivity contribution >= 4 is 11.0 Å². The van der Waals surface area contributed by atoms with Crippen LogP contribution in [0.1, 0.15) is 58.2 Å². The zero-order chi connectivity index (χ0) is 18.8. The Morgan fingerprint density at radius 1 is 1.52 bits per heavy atom. The molecule has 0 bridgehead atoms. The molecule has 1 aromatic carbocycles. The summed E-state index contributed by atoms with van der Waals surface area (Å²) in [6, 6.07) is 2.52. The van der Waals surface area contributed by atoms with Gasteiger partial charge in [0.25, 0.3) is 0 Å². The SMILES string of the molecule is CCC1(CN=[N+]=[N-])Cc2cc(F)cc([C@@H](C)N[S@](=O)C(C)(C)C)c2O1. The number of halogens is 1. The molecule has 1 unspecified atom stereocenters. The Hall–Kier alpha value is -1.63. The number of rotatable bonds is 6. The Kier molecular flexibility index (Phi) is 5.76. The number of hydrogen-bond acceptors (Lipinski definition) is 3. The molecule has 25 heavy (non-hydrogen) atoms. The summed E-state index contributed by atoms with van der Waals surface area (Å²) >= 11 is 0. The molecule has 1 N–H and O–H groups in total. The number of azide groups is 1. The Morgan fingerprint density at radius 2 is 2.20 bits per heavy atom. The highest BCUT2D eigenvalue weighted by Crippen LogP contribution is 2.42. The van der Waals surface area contributed by atoms with Crippen LogP contribution in [0.3, 0.4) is 0 Å². The van der Waals surface area contributed by atoms with Gasteiger partial charge in [-0.05, 0) is 51.8 Å². The topological polar surface area (TPSA) is 87.1 Å². The molecule has 3 atom stereocenters. The maximum atomic E-state index is 14.1. The van der Waals surface area contributed by atoms with Gasteiger partial charge in [-0.2, -0.15) is 0 Å². The van der Waals surface area contributed by atoms with Gasteiger partial charge in [0, 0.05) is 28.5 Å². The van der Waals surface area contributed by atoms with Gasteiger partial charge in [-0.15, -0.1) is 0 Å². The molecule has 0 fully saturated rings. The van der Waals surface area contributed by atoms with E-state index in [1.165, 1.54) is 12.1 Å². The average molecular weight is 368 g/mol. The van der Waals surface area contributed by atoms with Crippen molar-refractivity contribution in [3.8, 4) is 5.75 Å². The van der Waals surface area contributed by atoms with Crippen molar-refractivity contribution in [3.63, 3.8) is 0 Å². The van der Waals surface area contributed by atoms with Crippen molar-refractivity contribution in [3.05, 3.63) is 39.5 Å². The third-order valence-electron chi connectivity index (χ3n) is 4.36. The second-order valence-electron chi connectivity index (χ2n) is 7.41. The van der Waals surface area contributed by atoms with Crippen molar-refractivity contribution in [2.24, 2.45) is 5.11 Å². The zero-order valence-corrected chi connectivity index (χ0v) is 16.1.